The summed E-state index contributed by atoms with van der Waals surface area (Å²) >= 11 is 6.42. The van der Waals surface area contributed by atoms with Crippen LogP contribution in [0.25, 0.3) is 0 Å². The molecule has 11 nitrogen and oxygen atoms in total. The van der Waals surface area contributed by atoms with E-state index in [9.17, 15) is 9.59 Å². The van der Waals surface area contributed by atoms with E-state index in [2.05, 4.69) is 0 Å². The monoisotopic (exact) mass is 610 g/mol. The van der Waals surface area contributed by atoms with Crippen molar-refractivity contribution in [2.45, 2.75) is 45.3 Å². The Kier molecular flexibility index (Phi) is 12.1. The summed E-state index contributed by atoms with van der Waals surface area (Å²) in [6, 6.07) is 6.16. The molecule has 0 saturated heterocycles. The summed E-state index contributed by atoms with van der Waals surface area (Å²) in [5.74, 6) is 0.261. The van der Waals surface area contributed by atoms with E-state index in [1.807, 2.05) is 20.8 Å². The lowest BCUT2D eigenvalue weighted by Crippen LogP contribution is -2.40. The van der Waals surface area contributed by atoms with Crippen LogP contribution < -0.4 is 23.7 Å². The molecule has 12 heteroatoms. The van der Waals surface area contributed by atoms with Crippen LogP contribution in [-0.4, -0.2) is 78.7 Å². The molecule has 0 spiro atoms. The normalized spacial score (nSPS) is 16.3. The Hall–Kier alpha value is -3.25. The zero-order chi connectivity index (χ0) is 30.9. The number of esters is 1. The van der Waals surface area contributed by atoms with E-state index >= 15 is 0 Å². The summed E-state index contributed by atoms with van der Waals surface area (Å²) in [6.45, 7) is 5.61. The molecule has 1 saturated carbocycles. The molecule has 0 aromatic heterocycles. The minimum absolute atomic E-state index is 0.0487. The second-order valence-corrected chi connectivity index (χ2v) is 10.8. The van der Waals surface area contributed by atoms with Crippen LogP contribution in [-0.2, 0) is 23.7 Å². The Morgan fingerprint density at radius 1 is 0.833 bits per heavy atom. The van der Waals surface area contributed by atoms with Crippen molar-refractivity contribution in [2.24, 2.45) is 5.92 Å². The van der Waals surface area contributed by atoms with Gasteiger partial charge in [0.2, 0.25) is 5.78 Å². The molecule has 0 heterocycles. The fraction of sp³-hybridized carbons (Fsp3) is 0.533. The van der Waals surface area contributed by atoms with Crippen LogP contribution in [0.4, 0.5) is 0 Å². The summed E-state index contributed by atoms with van der Waals surface area (Å²) in [7, 11) is 5.85. The quantitative estimate of drug-likeness (QED) is 0.110. The molecule has 232 valence electrons. The number of rotatable bonds is 16. The minimum Gasteiger partial charge on any atom is -0.493 e. The number of benzene rings is 2. The van der Waals surface area contributed by atoms with Crippen LogP contribution in [0.3, 0.4) is 0 Å². The van der Waals surface area contributed by atoms with Crippen LogP contribution in [0.5, 0.6) is 28.7 Å². The Morgan fingerprint density at radius 3 is 2.10 bits per heavy atom. The smallest absolute Gasteiger partial charge is 0.309 e. The molecular weight excluding hydrogens is 572 g/mol. The van der Waals surface area contributed by atoms with E-state index in [0.29, 0.717) is 24.3 Å². The number of methoxy groups -OCH3 is 4. The molecule has 1 fully saturated rings. The van der Waals surface area contributed by atoms with E-state index in [4.69, 9.17) is 54.2 Å². The number of ether oxygens (including phenoxy) is 9. The van der Waals surface area contributed by atoms with Gasteiger partial charge in [-0.25, -0.2) is 0 Å². The van der Waals surface area contributed by atoms with E-state index < -0.39 is 11.4 Å². The first-order valence-electron chi connectivity index (χ1n) is 13.4. The zero-order valence-corrected chi connectivity index (χ0v) is 25.8. The summed E-state index contributed by atoms with van der Waals surface area (Å²) in [6.07, 6.45) is 1.08. The van der Waals surface area contributed by atoms with E-state index in [-0.39, 0.29) is 78.2 Å². The van der Waals surface area contributed by atoms with Crippen molar-refractivity contribution in [2.75, 3.05) is 55.2 Å². The Labute approximate surface area is 251 Å². The Balaban J connectivity index is 1.80. The SMILES string of the molecule is COCOc1ccc(Cl)c(OCOC)c1C(=O)c1cc(OC)c(OC)cc1OCCOC1CC(C(=O)OC(C)(C)C)C1. The first kappa shape index (κ1) is 33.3. The molecule has 0 radical (unpaired) electrons. The van der Waals surface area contributed by atoms with Crippen molar-refractivity contribution in [1.82, 2.24) is 0 Å². The average Bonchev–Trinajstić information content (AvgIpc) is 2.92. The van der Waals surface area contributed by atoms with Crippen LogP contribution in [0.15, 0.2) is 24.3 Å². The first-order chi connectivity index (χ1) is 20.0. The van der Waals surface area contributed by atoms with Gasteiger partial charge >= 0.3 is 5.97 Å². The molecule has 2 aromatic carbocycles. The van der Waals surface area contributed by atoms with Gasteiger partial charge in [-0.1, -0.05) is 11.6 Å². The fourth-order valence-electron chi connectivity index (χ4n) is 4.19. The predicted octanol–water partition coefficient (Wildman–Crippen LogP) is 5.07. The first-order valence-corrected chi connectivity index (χ1v) is 13.7. The van der Waals surface area contributed by atoms with Crippen LogP contribution >= 0.6 is 11.6 Å². The van der Waals surface area contributed by atoms with E-state index in [1.165, 1.54) is 34.5 Å². The number of carbonyl (C=O) groups excluding carboxylic acids is 2. The molecule has 3 rings (SSSR count). The van der Waals surface area contributed by atoms with Gasteiger partial charge in [0.1, 0.15) is 29.3 Å². The number of carbonyl (C=O) groups is 2. The van der Waals surface area contributed by atoms with Crippen molar-refractivity contribution in [1.29, 1.82) is 0 Å². The number of hydrogen-bond donors (Lipinski definition) is 0. The molecule has 0 bridgehead atoms. The fourth-order valence-corrected chi connectivity index (χ4v) is 4.41. The number of ketones is 1. The standard InChI is InChI=1S/C30H39ClO11/c1-30(2,3)42-29(33)18-12-19(13-18)38-10-11-39-23-15-25(37-7)24(36-6)14-20(23)27(32)26-22(40-16-34-4)9-8-21(31)28(26)41-17-35-5/h8-9,14-15,18-19H,10-13,16-17H2,1-7H3. The number of hydrogen-bond acceptors (Lipinski definition) is 11. The topological polar surface area (TPSA) is 117 Å². The predicted molar refractivity (Wildman–Crippen MR) is 153 cm³/mol. The van der Waals surface area contributed by atoms with Gasteiger partial charge < -0.3 is 42.6 Å². The highest BCUT2D eigenvalue weighted by molar-refractivity contribution is 6.33. The van der Waals surface area contributed by atoms with Crippen molar-refractivity contribution >= 4 is 23.4 Å². The third-order valence-electron chi connectivity index (χ3n) is 6.21. The second-order valence-electron chi connectivity index (χ2n) is 10.4. The second kappa shape index (κ2) is 15.3. The third-order valence-corrected chi connectivity index (χ3v) is 6.51. The highest BCUT2D eigenvalue weighted by Gasteiger charge is 2.38. The third kappa shape index (κ3) is 8.64. The molecule has 0 N–H and O–H groups in total. The highest BCUT2D eigenvalue weighted by atomic mass is 35.5. The summed E-state index contributed by atoms with van der Waals surface area (Å²) < 4.78 is 49.6. The number of halogens is 1. The molecular formula is C30H39ClO11. The maximum atomic E-state index is 14.1. The highest BCUT2D eigenvalue weighted by Crippen LogP contribution is 2.41. The molecule has 0 aliphatic heterocycles. The lowest BCUT2D eigenvalue weighted by atomic mass is 9.82. The molecule has 1 aliphatic rings. The molecule has 0 unspecified atom stereocenters. The molecule has 0 amide bonds. The molecule has 2 aromatic rings. The van der Waals surface area contributed by atoms with Gasteiger partial charge in [0.25, 0.3) is 0 Å². The van der Waals surface area contributed by atoms with Gasteiger partial charge in [-0.2, -0.15) is 0 Å². The van der Waals surface area contributed by atoms with Crippen molar-refractivity contribution in [3.8, 4) is 28.7 Å². The van der Waals surface area contributed by atoms with Gasteiger partial charge in [0.05, 0.1) is 43.4 Å². The maximum absolute atomic E-state index is 14.1. The lowest BCUT2D eigenvalue weighted by molar-refractivity contribution is -0.169. The average molecular weight is 611 g/mol. The van der Waals surface area contributed by atoms with Crippen LogP contribution in [0.2, 0.25) is 5.02 Å². The summed E-state index contributed by atoms with van der Waals surface area (Å²) in [5, 5.41) is 0.182. The molecule has 42 heavy (non-hydrogen) atoms. The Morgan fingerprint density at radius 2 is 1.48 bits per heavy atom. The maximum Gasteiger partial charge on any atom is 0.309 e. The zero-order valence-electron chi connectivity index (χ0n) is 25.1. The largest absolute Gasteiger partial charge is 0.493 e. The summed E-state index contributed by atoms with van der Waals surface area (Å²) in [4.78, 5) is 26.3. The van der Waals surface area contributed by atoms with Gasteiger partial charge in [0, 0.05) is 20.3 Å². The van der Waals surface area contributed by atoms with Crippen molar-refractivity contribution < 1.29 is 52.2 Å². The molecule has 1 aliphatic carbocycles. The van der Waals surface area contributed by atoms with Gasteiger partial charge in [-0.15, -0.1) is 0 Å². The lowest BCUT2D eigenvalue weighted by Gasteiger charge is -2.35. The van der Waals surface area contributed by atoms with Gasteiger partial charge in [0.15, 0.2) is 30.8 Å². The van der Waals surface area contributed by atoms with Crippen LogP contribution in [0.1, 0.15) is 49.5 Å². The molecule has 0 atom stereocenters. The van der Waals surface area contributed by atoms with Crippen LogP contribution in [0, 0.1) is 5.92 Å². The van der Waals surface area contributed by atoms with E-state index in [0.717, 1.165) is 0 Å². The minimum atomic E-state index is -0.524. The van der Waals surface area contributed by atoms with Gasteiger partial charge in [-0.3, -0.25) is 9.59 Å². The van der Waals surface area contributed by atoms with E-state index in [1.54, 1.807) is 18.2 Å². The van der Waals surface area contributed by atoms with Gasteiger partial charge in [-0.05, 0) is 51.8 Å². The summed E-state index contributed by atoms with van der Waals surface area (Å²) in [5.41, 5.74) is -0.329. The van der Waals surface area contributed by atoms with Crippen molar-refractivity contribution in [3.05, 3.63) is 40.4 Å². The van der Waals surface area contributed by atoms with Crippen molar-refractivity contribution in [3.63, 3.8) is 0 Å². The Bertz CT molecular complexity index is 1220.